The minimum atomic E-state index is 0. The van der Waals surface area contributed by atoms with Gasteiger partial charge in [0.05, 0.1) is 10.0 Å². The molecule has 0 unspecified atom stereocenters. The molecule has 3 nitrogen and oxygen atoms in total. The normalized spacial score (nSPS) is 15.3. The first-order chi connectivity index (χ1) is 7.68. The lowest BCUT2D eigenvalue weighted by Crippen LogP contribution is -2.46. The largest absolute Gasteiger partial charge is 0.336 e. The summed E-state index contributed by atoms with van der Waals surface area (Å²) in [5, 5.41) is 4.09. The maximum absolute atomic E-state index is 12.1. The molecule has 6 heteroatoms. The van der Waals surface area contributed by atoms with Crippen LogP contribution in [0.1, 0.15) is 10.4 Å². The van der Waals surface area contributed by atoms with Crippen molar-refractivity contribution in [2.45, 2.75) is 0 Å². The van der Waals surface area contributed by atoms with Crippen molar-refractivity contribution in [1.82, 2.24) is 10.2 Å². The highest BCUT2D eigenvalue weighted by Crippen LogP contribution is 2.23. The zero-order chi connectivity index (χ0) is 11.5. The first-order valence-electron chi connectivity index (χ1n) is 5.13. The van der Waals surface area contributed by atoms with Crippen molar-refractivity contribution >= 4 is 41.5 Å². The molecule has 1 aromatic carbocycles. The van der Waals surface area contributed by atoms with Gasteiger partial charge in [0.15, 0.2) is 0 Å². The van der Waals surface area contributed by atoms with Gasteiger partial charge in [0.2, 0.25) is 0 Å². The number of carbonyl (C=O) groups is 1. The molecule has 1 N–H and O–H groups in total. The van der Waals surface area contributed by atoms with E-state index in [2.05, 4.69) is 5.32 Å². The summed E-state index contributed by atoms with van der Waals surface area (Å²) < 4.78 is 0. The molecule has 0 spiro atoms. The molecule has 1 aromatic rings. The Labute approximate surface area is 116 Å². The summed E-state index contributed by atoms with van der Waals surface area (Å²) in [6.45, 7) is 3.15. The minimum absolute atomic E-state index is 0. The van der Waals surface area contributed by atoms with Gasteiger partial charge < -0.3 is 10.2 Å². The minimum Gasteiger partial charge on any atom is -0.336 e. The van der Waals surface area contributed by atoms with Gasteiger partial charge in [0.1, 0.15) is 0 Å². The molecule has 2 rings (SSSR count). The predicted octanol–water partition coefficient (Wildman–Crippen LogP) is 2.46. The molecule has 0 aromatic heterocycles. The number of hydrogen-bond donors (Lipinski definition) is 1. The van der Waals surface area contributed by atoms with Gasteiger partial charge in [-0.3, -0.25) is 4.79 Å². The molecule has 1 amide bonds. The number of benzene rings is 1. The number of nitrogens with one attached hydrogen (secondary N) is 1. The Bertz CT molecular complexity index is 406. The van der Waals surface area contributed by atoms with E-state index in [1.807, 2.05) is 4.90 Å². The van der Waals surface area contributed by atoms with Crippen LogP contribution in [-0.2, 0) is 0 Å². The van der Waals surface area contributed by atoms with Crippen LogP contribution in [0.25, 0.3) is 0 Å². The van der Waals surface area contributed by atoms with Gasteiger partial charge in [0.25, 0.3) is 5.91 Å². The third-order valence-electron chi connectivity index (χ3n) is 2.57. The Morgan fingerprint density at radius 3 is 2.41 bits per heavy atom. The zero-order valence-corrected chi connectivity index (χ0v) is 11.4. The molecular formula is C11H13Cl3N2O. The number of nitrogens with zero attached hydrogens (tertiary/aromatic N) is 1. The fourth-order valence-electron chi connectivity index (χ4n) is 1.68. The number of halogens is 3. The smallest absolute Gasteiger partial charge is 0.253 e. The third-order valence-corrected chi connectivity index (χ3v) is 3.31. The molecule has 1 saturated heterocycles. The maximum Gasteiger partial charge on any atom is 0.253 e. The van der Waals surface area contributed by atoms with Crippen LogP contribution in [0.15, 0.2) is 18.2 Å². The molecule has 17 heavy (non-hydrogen) atoms. The van der Waals surface area contributed by atoms with Crippen molar-refractivity contribution in [3.63, 3.8) is 0 Å². The second-order valence-electron chi connectivity index (χ2n) is 3.67. The van der Waals surface area contributed by atoms with Gasteiger partial charge in [-0.15, -0.1) is 12.4 Å². The van der Waals surface area contributed by atoms with E-state index >= 15 is 0 Å². The second kappa shape index (κ2) is 6.45. The molecule has 0 saturated carbocycles. The highest BCUT2D eigenvalue weighted by Gasteiger charge is 2.18. The SMILES string of the molecule is Cl.O=C(c1ccc(Cl)c(Cl)c1)N1CCNCC1. The van der Waals surface area contributed by atoms with Crippen molar-refractivity contribution in [1.29, 1.82) is 0 Å². The Balaban J connectivity index is 0.00000144. The van der Waals surface area contributed by atoms with Crippen molar-refractivity contribution < 1.29 is 4.79 Å². The lowest BCUT2D eigenvalue weighted by atomic mass is 10.2. The van der Waals surface area contributed by atoms with Gasteiger partial charge in [0, 0.05) is 31.7 Å². The van der Waals surface area contributed by atoms with Gasteiger partial charge in [-0.25, -0.2) is 0 Å². The summed E-state index contributed by atoms with van der Waals surface area (Å²) >= 11 is 11.7. The van der Waals surface area contributed by atoms with E-state index in [9.17, 15) is 4.79 Å². The van der Waals surface area contributed by atoms with E-state index in [1.165, 1.54) is 0 Å². The quantitative estimate of drug-likeness (QED) is 0.863. The summed E-state index contributed by atoms with van der Waals surface area (Å²) in [5.74, 6) is 0.0140. The number of hydrogen-bond acceptors (Lipinski definition) is 2. The highest BCUT2D eigenvalue weighted by atomic mass is 35.5. The molecular weight excluding hydrogens is 282 g/mol. The van der Waals surface area contributed by atoms with E-state index < -0.39 is 0 Å². The van der Waals surface area contributed by atoms with Gasteiger partial charge in [-0.2, -0.15) is 0 Å². The van der Waals surface area contributed by atoms with Crippen LogP contribution < -0.4 is 5.32 Å². The molecule has 0 atom stereocenters. The first-order valence-corrected chi connectivity index (χ1v) is 5.89. The average Bonchev–Trinajstić information content (AvgIpc) is 2.33. The second-order valence-corrected chi connectivity index (χ2v) is 4.49. The number of rotatable bonds is 1. The zero-order valence-electron chi connectivity index (χ0n) is 9.08. The molecule has 1 aliphatic heterocycles. The fourth-order valence-corrected chi connectivity index (χ4v) is 1.98. The topological polar surface area (TPSA) is 32.3 Å². The van der Waals surface area contributed by atoms with Crippen molar-refractivity contribution in [3.05, 3.63) is 33.8 Å². The first kappa shape index (κ1) is 14.6. The number of carbonyl (C=O) groups excluding carboxylic acids is 1. The van der Waals surface area contributed by atoms with Crippen LogP contribution in [0.2, 0.25) is 10.0 Å². The van der Waals surface area contributed by atoms with Crippen LogP contribution >= 0.6 is 35.6 Å². The van der Waals surface area contributed by atoms with Gasteiger partial charge in [-0.05, 0) is 18.2 Å². The van der Waals surface area contributed by atoms with E-state index in [-0.39, 0.29) is 18.3 Å². The van der Waals surface area contributed by atoms with Crippen molar-refractivity contribution in [3.8, 4) is 0 Å². The maximum atomic E-state index is 12.1. The summed E-state index contributed by atoms with van der Waals surface area (Å²) in [6.07, 6.45) is 0. The molecule has 1 fully saturated rings. The fraction of sp³-hybridized carbons (Fsp3) is 0.364. The summed E-state index contributed by atoms with van der Waals surface area (Å²) in [7, 11) is 0. The molecule has 1 aliphatic rings. The van der Waals surface area contributed by atoms with Crippen LogP contribution in [-0.4, -0.2) is 37.0 Å². The molecule has 0 bridgehead atoms. The third kappa shape index (κ3) is 3.49. The Morgan fingerprint density at radius 1 is 1.18 bits per heavy atom. The van der Waals surface area contributed by atoms with Gasteiger partial charge >= 0.3 is 0 Å². The Morgan fingerprint density at radius 2 is 1.82 bits per heavy atom. The average molecular weight is 296 g/mol. The van der Waals surface area contributed by atoms with Gasteiger partial charge in [-0.1, -0.05) is 23.2 Å². The highest BCUT2D eigenvalue weighted by molar-refractivity contribution is 6.42. The Hall–Kier alpha value is -0.480. The van der Waals surface area contributed by atoms with E-state index in [0.717, 1.165) is 26.2 Å². The monoisotopic (exact) mass is 294 g/mol. The summed E-state index contributed by atoms with van der Waals surface area (Å²) in [5.41, 5.74) is 0.594. The molecule has 94 valence electrons. The summed E-state index contributed by atoms with van der Waals surface area (Å²) in [4.78, 5) is 13.9. The van der Waals surface area contributed by atoms with E-state index in [1.54, 1.807) is 18.2 Å². The van der Waals surface area contributed by atoms with E-state index in [0.29, 0.717) is 15.6 Å². The lowest BCUT2D eigenvalue weighted by Gasteiger charge is -2.27. The molecule has 1 heterocycles. The summed E-state index contributed by atoms with van der Waals surface area (Å²) in [6, 6.07) is 4.98. The van der Waals surface area contributed by atoms with Crippen LogP contribution in [0.5, 0.6) is 0 Å². The number of piperazine rings is 1. The van der Waals surface area contributed by atoms with Crippen LogP contribution in [0, 0.1) is 0 Å². The van der Waals surface area contributed by atoms with E-state index in [4.69, 9.17) is 23.2 Å². The van der Waals surface area contributed by atoms with Crippen molar-refractivity contribution in [2.24, 2.45) is 0 Å². The van der Waals surface area contributed by atoms with Crippen LogP contribution in [0.4, 0.5) is 0 Å². The standard InChI is InChI=1S/C11H12Cl2N2O.ClH/c12-9-2-1-8(7-10(9)13)11(16)15-5-3-14-4-6-15;/h1-2,7,14H,3-6H2;1H. The van der Waals surface area contributed by atoms with Crippen LogP contribution in [0.3, 0.4) is 0 Å². The molecule has 0 radical (unpaired) electrons. The predicted molar refractivity (Wildman–Crippen MR) is 72.5 cm³/mol. The molecule has 0 aliphatic carbocycles. The lowest BCUT2D eigenvalue weighted by molar-refractivity contribution is 0.0736. The Kier molecular flexibility index (Phi) is 5.53. The van der Waals surface area contributed by atoms with Crippen molar-refractivity contribution in [2.75, 3.05) is 26.2 Å². The number of amides is 1.